The molecule has 2 heteroatoms. The Bertz CT molecular complexity index is 238. The lowest BCUT2D eigenvalue weighted by molar-refractivity contribution is -0.117. The molecule has 0 N–H and O–H groups in total. The van der Waals surface area contributed by atoms with Crippen molar-refractivity contribution in [1.29, 1.82) is 0 Å². The summed E-state index contributed by atoms with van der Waals surface area (Å²) in [5.74, 6) is 0.773. The van der Waals surface area contributed by atoms with Crippen molar-refractivity contribution in [2.24, 2.45) is 5.92 Å². The van der Waals surface area contributed by atoms with Crippen LogP contribution < -0.4 is 0 Å². The smallest absolute Gasteiger partial charge is 0.130 e. The number of ketones is 1. The Balaban J connectivity index is 2.36. The summed E-state index contributed by atoms with van der Waals surface area (Å²) in [7, 11) is 0. The number of Topliss-reactive ketones (excluding diaryl/α,β-unsaturated/α-hetero) is 1. The van der Waals surface area contributed by atoms with Crippen molar-refractivity contribution < 1.29 is 4.79 Å². The van der Waals surface area contributed by atoms with Crippen LogP contribution in [0, 0.1) is 5.92 Å². The fourth-order valence-electron chi connectivity index (χ4n) is 1.37. The van der Waals surface area contributed by atoms with Crippen molar-refractivity contribution in [3.8, 4) is 0 Å². The highest BCUT2D eigenvalue weighted by atomic mass is 32.1. The molecule has 0 aliphatic rings. The first-order valence-electron chi connectivity index (χ1n) is 4.19. The van der Waals surface area contributed by atoms with Gasteiger partial charge >= 0.3 is 0 Å². The van der Waals surface area contributed by atoms with E-state index in [1.165, 1.54) is 5.56 Å². The maximum Gasteiger partial charge on any atom is 0.130 e. The van der Waals surface area contributed by atoms with Crippen LogP contribution in [0.4, 0.5) is 0 Å². The van der Waals surface area contributed by atoms with Gasteiger partial charge in [0, 0.05) is 6.42 Å². The molecule has 0 fully saturated rings. The second-order valence-corrected chi connectivity index (χ2v) is 4.13. The largest absolute Gasteiger partial charge is 0.300 e. The molecule has 12 heavy (non-hydrogen) atoms. The van der Waals surface area contributed by atoms with Gasteiger partial charge in [-0.05, 0) is 41.7 Å². The highest BCUT2D eigenvalue weighted by Crippen LogP contribution is 2.14. The van der Waals surface area contributed by atoms with Crippen LogP contribution in [0.3, 0.4) is 0 Å². The Kier molecular flexibility index (Phi) is 3.48. The Morgan fingerprint density at radius 3 is 2.92 bits per heavy atom. The van der Waals surface area contributed by atoms with Crippen LogP contribution in [-0.2, 0) is 11.2 Å². The summed E-state index contributed by atoms with van der Waals surface area (Å²) in [5, 5.41) is 4.23. The molecule has 1 rings (SSSR count). The number of rotatable bonds is 4. The lowest BCUT2D eigenvalue weighted by Crippen LogP contribution is -2.04. The van der Waals surface area contributed by atoms with Crippen LogP contribution in [0.25, 0.3) is 0 Å². The zero-order chi connectivity index (χ0) is 8.97. The second-order valence-electron chi connectivity index (χ2n) is 3.35. The van der Waals surface area contributed by atoms with Crippen LogP contribution in [0.1, 0.15) is 25.8 Å². The molecule has 1 aromatic rings. The Morgan fingerprint density at radius 2 is 2.42 bits per heavy atom. The minimum absolute atomic E-state index is 0.290. The SMILES string of the molecule is CC(=O)CC(C)Cc1ccsc1. The van der Waals surface area contributed by atoms with Gasteiger partial charge in [0.2, 0.25) is 0 Å². The summed E-state index contributed by atoms with van der Waals surface area (Å²) in [5.41, 5.74) is 1.36. The third-order valence-electron chi connectivity index (χ3n) is 1.80. The molecule has 0 saturated heterocycles. The fraction of sp³-hybridized carbons (Fsp3) is 0.500. The first kappa shape index (κ1) is 9.46. The summed E-state index contributed by atoms with van der Waals surface area (Å²) in [4.78, 5) is 10.8. The van der Waals surface area contributed by atoms with E-state index in [2.05, 4.69) is 23.8 Å². The first-order valence-corrected chi connectivity index (χ1v) is 5.13. The van der Waals surface area contributed by atoms with E-state index in [0.29, 0.717) is 12.3 Å². The average Bonchev–Trinajstić information content (AvgIpc) is 2.37. The number of thiophene rings is 1. The van der Waals surface area contributed by atoms with Gasteiger partial charge in [-0.15, -0.1) is 0 Å². The van der Waals surface area contributed by atoms with Gasteiger partial charge in [-0.3, -0.25) is 0 Å². The molecule has 0 radical (unpaired) electrons. The van der Waals surface area contributed by atoms with Crippen LogP contribution in [-0.4, -0.2) is 5.78 Å². The Morgan fingerprint density at radius 1 is 1.67 bits per heavy atom. The summed E-state index contributed by atoms with van der Waals surface area (Å²) >= 11 is 1.72. The van der Waals surface area contributed by atoms with Crippen molar-refractivity contribution in [2.45, 2.75) is 26.7 Å². The van der Waals surface area contributed by atoms with Gasteiger partial charge in [0.05, 0.1) is 0 Å². The second kappa shape index (κ2) is 4.41. The molecule has 1 aromatic heterocycles. The van der Waals surface area contributed by atoms with E-state index in [1.807, 2.05) is 0 Å². The van der Waals surface area contributed by atoms with Crippen molar-refractivity contribution in [1.82, 2.24) is 0 Å². The zero-order valence-electron chi connectivity index (χ0n) is 7.54. The van der Waals surface area contributed by atoms with Gasteiger partial charge in [-0.1, -0.05) is 6.92 Å². The highest BCUT2D eigenvalue weighted by Gasteiger charge is 2.06. The van der Waals surface area contributed by atoms with E-state index in [0.717, 1.165) is 6.42 Å². The van der Waals surface area contributed by atoms with Crippen molar-refractivity contribution in [3.05, 3.63) is 22.4 Å². The molecular formula is C10H14OS. The number of hydrogen-bond donors (Lipinski definition) is 0. The first-order chi connectivity index (χ1) is 5.68. The van der Waals surface area contributed by atoms with Crippen LogP contribution in [0.5, 0.6) is 0 Å². The van der Waals surface area contributed by atoms with Crippen molar-refractivity contribution in [2.75, 3.05) is 0 Å². The summed E-state index contributed by atoms with van der Waals surface area (Å²) in [6.07, 6.45) is 1.74. The maximum atomic E-state index is 10.8. The monoisotopic (exact) mass is 182 g/mol. The maximum absolute atomic E-state index is 10.8. The fourth-order valence-corrected chi connectivity index (χ4v) is 2.06. The van der Waals surface area contributed by atoms with Gasteiger partial charge in [-0.2, -0.15) is 11.3 Å². The van der Waals surface area contributed by atoms with Crippen LogP contribution >= 0.6 is 11.3 Å². The molecular weight excluding hydrogens is 168 g/mol. The molecule has 1 nitrogen and oxygen atoms in total. The molecule has 1 atom stereocenters. The van der Waals surface area contributed by atoms with Gasteiger partial charge in [0.1, 0.15) is 5.78 Å². The minimum Gasteiger partial charge on any atom is -0.300 e. The average molecular weight is 182 g/mol. The van der Waals surface area contributed by atoms with E-state index >= 15 is 0 Å². The highest BCUT2D eigenvalue weighted by molar-refractivity contribution is 7.07. The van der Waals surface area contributed by atoms with Crippen molar-refractivity contribution in [3.63, 3.8) is 0 Å². The normalized spacial score (nSPS) is 12.8. The lowest BCUT2D eigenvalue weighted by atomic mass is 9.98. The zero-order valence-corrected chi connectivity index (χ0v) is 8.36. The summed E-state index contributed by atoms with van der Waals surface area (Å²) in [6, 6.07) is 2.13. The molecule has 1 heterocycles. The lowest BCUT2D eigenvalue weighted by Gasteiger charge is -2.06. The molecule has 0 aliphatic carbocycles. The number of carbonyl (C=O) groups is 1. The molecule has 0 aromatic carbocycles. The predicted molar refractivity (Wildman–Crippen MR) is 52.5 cm³/mol. The summed E-state index contributed by atoms with van der Waals surface area (Å²) < 4.78 is 0. The third kappa shape index (κ3) is 3.18. The number of hydrogen-bond acceptors (Lipinski definition) is 2. The molecule has 1 unspecified atom stereocenters. The molecule has 66 valence electrons. The third-order valence-corrected chi connectivity index (χ3v) is 2.53. The van der Waals surface area contributed by atoms with Crippen LogP contribution in [0.15, 0.2) is 16.8 Å². The molecule has 0 saturated carbocycles. The Labute approximate surface area is 77.4 Å². The molecule has 0 bridgehead atoms. The topological polar surface area (TPSA) is 17.1 Å². The van der Waals surface area contributed by atoms with E-state index in [9.17, 15) is 4.79 Å². The molecule has 0 aliphatic heterocycles. The predicted octanol–water partition coefficient (Wildman–Crippen LogP) is 2.91. The quantitative estimate of drug-likeness (QED) is 0.699. The van der Waals surface area contributed by atoms with Gasteiger partial charge < -0.3 is 4.79 Å². The van der Waals surface area contributed by atoms with Crippen LogP contribution in [0.2, 0.25) is 0 Å². The van der Waals surface area contributed by atoms with Gasteiger partial charge in [0.25, 0.3) is 0 Å². The molecule has 0 amide bonds. The van der Waals surface area contributed by atoms with E-state index in [4.69, 9.17) is 0 Å². The van der Waals surface area contributed by atoms with Gasteiger partial charge in [-0.25, -0.2) is 0 Å². The minimum atomic E-state index is 0.290. The van der Waals surface area contributed by atoms with E-state index in [-0.39, 0.29) is 5.78 Å². The van der Waals surface area contributed by atoms with Gasteiger partial charge in [0.15, 0.2) is 0 Å². The van der Waals surface area contributed by atoms with Crippen molar-refractivity contribution >= 4 is 17.1 Å². The van der Waals surface area contributed by atoms with E-state index in [1.54, 1.807) is 18.3 Å². The Hall–Kier alpha value is -0.630. The standard InChI is InChI=1S/C10H14OS/c1-8(5-9(2)11)6-10-3-4-12-7-10/h3-4,7-8H,5-6H2,1-2H3. The number of carbonyl (C=O) groups excluding carboxylic acids is 1. The summed E-state index contributed by atoms with van der Waals surface area (Å²) in [6.45, 7) is 3.78. The van der Waals surface area contributed by atoms with E-state index < -0.39 is 0 Å². The molecule has 0 spiro atoms.